The van der Waals surface area contributed by atoms with Gasteiger partial charge in [0.1, 0.15) is 11.5 Å². The Balaban J connectivity index is 2.41. The van der Waals surface area contributed by atoms with Gasteiger partial charge in [0.25, 0.3) is 0 Å². The van der Waals surface area contributed by atoms with Crippen LogP contribution >= 0.6 is 7.82 Å². The third kappa shape index (κ3) is 5.49. The Morgan fingerprint density at radius 3 is 1.45 bits per heavy atom. The molecular weight excluding hydrogens is 431 g/mol. The van der Waals surface area contributed by atoms with Gasteiger partial charge in [0.05, 0.1) is 0 Å². The maximum Gasteiger partial charge on any atom is 0.584 e. The first-order valence-corrected chi connectivity index (χ1v) is 13.7. The lowest BCUT2D eigenvalue weighted by Gasteiger charge is -2.34. The number of phosphoric acid groups is 1. The smallest absolute Gasteiger partial charge is 0.395 e. The highest BCUT2D eigenvalue weighted by Crippen LogP contribution is 2.56. The predicted octanol–water partition coefficient (Wildman–Crippen LogP) is 8.21. The SMILES string of the molecule is CCCc1cc2c(c(C(C)(C)C)c1)OP(=O)(O)Oc1c(cc(CCC)cc1C(C)(C)C)C2C. The molecule has 0 amide bonds. The monoisotopic (exact) mass is 472 g/mol. The molecule has 2 aromatic rings. The zero-order chi connectivity index (χ0) is 24.8. The van der Waals surface area contributed by atoms with Crippen LogP contribution in [0.2, 0.25) is 0 Å². The number of fused-ring (bicyclic) bond motifs is 2. The van der Waals surface area contributed by atoms with Crippen LogP contribution in [0.25, 0.3) is 0 Å². The summed E-state index contributed by atoms with van der Waals surface area (Å²) in [6.45, 7) is 19.2. The lowest BCUT2D eigenvalue weighted by molar-refractivity contribution is 0.280. The van der Waals surface area contributed by atoms with Crippen molar-refractivity contribution in [3.8, 4) is 11.5 Å². The maximum absolute atomic E-state index is 13.3. The van der Waals surface area contributed by atoms with E-state index in [1.165, 1.54) is 11.1 Å². The molecule has 0 spiro atoms. The van der Waals surface area contributed by atoms with E-state index in [9.17, 15) is 9.46 Å². The second-order valence-electron chi connectivity index (χ2n) is 11.5. The van der Waals surface area contributed by atoms with Gasteiger partial charge in [-0.05, 0) is 34.8 Å². The summed E-state index contributed by atoms with van der Waals surface area (Å²) in [5, 5.41) is 0. The molecule has 2 aromatic carbocycles. The van der Waals surface area contributed by atoms with Crippen molar-refractivity contribution in [1.82, 2.24) is 0 Å². The summed E-state index contributed by atoms with van der Waals surface area (Å²) in [5.41, 5.74) is 5.75. The first kappa shape index (κ1) is 25.8. The average molecular weight is 473 g/mol. The van der Waals surface area contributed by atoms with Crippen LogP contribution in [0.15, 0.2) is 24.3 Å². The Kier molecular flexibility index (Phi) is 7.14. The molecule has 0 bridgehead atoms. The third-order valence-electron chi connectivity index (χ3n) is 6.39. The molecular formula is C28H41O4P. The lowest BCUT2D eigenvalue weighted by Crippen LogP contribution is -2.21. The van der Waals surface area contributed by atoms with E-state index in [0.29, 0.717) is 11.5 Å². The van der Waals surface area contributed by atoms with E-state index in [-0.39, 0.29) is 16.7 Å². The summed E-state index contributed by atoms with van der Waals surface area (Å²) in [6, 6.07) is 8.59. The molecule has 0 atom stereocenters. The Hall–Kier alpha value is -1.77. The summed E-state index contributed by atoms with van der Waals surface area (Å²) >= 11 is 0. The van der Waals surface area contributed by atoms with Gasteiger partial charge in [-0.25, -0.2) is 4.57 Å². The highest BCUT2D eigenvalue weighted by atomic mass is 31.2. The molecule has 33 heavy (non-hydrogen) atoms. The molecule has 1 heterocycles. The quantitative estimate of drug-likeness (QED) is 0.456. The lowest BCUT2D eigenvalue weighted by atomic mass is 9.78. The van der Waals surface area contributed by atoms with Gasteiger partial charge in [-0.15, -0.1) is 0 Å². The van der Waals surface area contributed by atoms with Crippen molar-refractivity contribution >= 4 is 7.82 Å². The molecule has 1 aliphatic rings. The molecule has 3 rings (SSSR count). The summed E-state index contributed by atoms with van der Waals surface area (Å²) in [5.74, 6) is 0.931. The molecule has 1 aliphatic heterocycles. The number of hydrogen-bond donors (Lipinski definition) is 1. The van der Waals surface area contributed by atoms with E-state index >= 15 is 0 Å². The first-order chi connectivity index (χ1) is 15.2. The average Bonchev–Trinajstić information content (AvgIpc) is 2.66. The van der Waals surface area contributed by atoms with Gasteiger partial charge in [-0.3, -0.25) is 4.89 Å². The summed E-state index contributed by atoms with van der Waals surface area (Å²) in [4.78, 5) is 10.9. The number of rotatable bonds is 4. The molecule has 0 aliphatic carbocycles. The van der Waals surface area contributed by atoms with E-state index in [4.69, 9.17) is 9.05 Å². The number of benzene rings is 2. The highest BCUT2D eigenvalue weighted by molar-refractivity contribution is 7.48. The van der Waals surface area contributed by atoms with Crippen molar-refractivity contribution in [3.63, 3.8) is 0 Å². The van der Waals surface area contributed by atoms with E-state index in [2.05, 4.69) is 86.6 Å². The van der Waals surface area contributed by atoms with Gasteiger partial charge in [-0.2, -0.15) is 0 Å². The number of phosphoric ester groups is 1. The van der Waals surface area contributed by atoms with Gasteiger partial charge in [-0.1, -0.05) is 99.4 Å². The van der Waals surface area contributed by atoms with Gasteiger partial charge in [0.15, 0.2) is 0 Å². The fraction of sp³-hybridized carbons (Fsp3) is 0.571. The normalized spacial score (nSPS) is 20.7. The minimum atomic E-state index is -4.40. The van der Waals surface area contributed by atoms with Gasteiger partial charge >= 0.3 is 7.82 Å². The fourth-order valence-corrected chi connectivity index (χ4v) is 5.58. The molecule has 1 N–H and O–H groups in total. The van der Waals surface area contributed by atoms with Crippen LogP contribution < -0.4 is 9.05 Å². The summed E-state index contributed by atoms with van der Waals surface area (Å²) in [6.07, 6.45) is 3.97. The zero-order valence-corrected chi connectivity index (χ0v) is 22.7. The molecule has 0 fully saturated rings. The van der Waals surface area contributed by atoms with Crippen LogP contribution in [0.4, 0.5) is 0 Å². The molecule has 5 heteroatoms. The van der Waals surface area contributed by atoms with E-state index < -0.39 is 7.82 Å². The fourth-order valence-electron chi connectivity index (χ4n) is 4.67. The van der Waals surface area contributed by atoms with Crippen molar-refractivity contribution in [2.24, 2.45) is 0 Å². The van der Waals surface area contributed by atoms with Crippen molar-refractivity contribution < 1.29 is 18.5 Å². The van der Waals surface area contributed by atoms with Crippen LogP contribution in [0.3, 0.4) is 0 Å². The Morgan fingerprint density at radius 2 is 1.15 bits per heavy atom. The molecule has 4 nitrogen and oxygen atoms in total. The summed E-state index contributed by atoms with van der Waals surface area (Å²) in [7, 11) is -4.40. The second kappa shape index (κ2) is 9.12. The van der Waals surface area contributed by atoms with Crippen molar-refractivity contribution in [1.29, 1.82) is 0 Å². The topological polar surface area (TPSA) is 55.8 Å². The Labute approximate surface area is 200 Å². The standard InChI is InChI=1S/C28H41O4P/c1-10-12-19-14-21-18(3)22-15-20(13-11-2)17-24(28(7,8)9)26(22)32-33(29,30)31-25(21)23(16-19)27(4,5)6/h14-18H,10-13H2,1-9H3,(H,29,30). The first-order valence-electron chi connectivity index (χ1n) is 12.2. The minimum absolute atomic E-state index is 0.0499. The zero-order valence-electron chi connectivity index (χ0n) is 21.8. The Morgan fingerprint density at radius 1 is 0.788 bits per heavy atom. The van der Waals surface area contributed by atoms with E-state index in [1.807, 2.05) is 0 Å². The van der Waals surface area contributed by atoms with Crippen LogP contribution in [0.5, 0.6) is 11.5 Å². The Bertz CT molecular complexity index is 991. The van der Waals surface area contributed by atoms with Crippen LogP contribution in [0.1, 0.15) is 114 Å². The predicted molar refractivity (Wildman–Crippen MR) is 137 cm³/mol. The van der Waals surface area contributed by atoms with E-state index in [0.717, 1.165) is 47.9 Å². The molecule has 0 unspecified atom stereocenters. The van der Waals surface area contributed by atoms with Crippen LogP contribution in [-0.2, 0) is 28.2 Å². The van der Waals surface area contributed by atoms with Crippen LogP contribution in [-0.4, -0.2) is 4.89 Å². The van der Waals surface area contributed by atoms with Crippen molar-refractivity contribution in [2.45, 2.75) is 105 Å². The molecule has 0 radical (unpaired) electrons. The molecule has 182 valence electrons. The highest BCUT2D eigenvalue weighted by Gasteiger charge is 2.38. The van der Waals surface area contributed by atoms with Crippen molar-refractivity contribution in [3.05, 3.63) is 57.6 Å². The molecule has 0 saturated carbocycles. The van der Waals surface area contributed by atoms with Crippen molar-refractivity contribution in [2.75, 3.05) is 0 Å². The second-order valence-corrected chi connectivity index (χ2v) is 12.8. The van der Waals surface area contributed by atoms with E-state index in [1.54, 1.807) is 0 Å². The van der Waals surface area contributed by atoms with Crippen LogP contribution in [0, 0.1) is 0 Å². The largest absolute Gasteiger partial charge is 0.584 e. The third-order valence-corrected chi connectivity index (χ3v) is 7.22. The number of aryl methyl sites for hydroxylation is 2. The van der Waals surface area contributed by atoms with Gasteiger partial charge < -0.3 is 9.05 Å². The van der Waals surface area contributed by atoms with Gasteiger partial charge in [0, 0.05) is 28.2 Å². The minimum Gasteiger partial charge on any atom is -0.395 e. The summed E-state index contributed by atoms with van der Waals surface area (Å²) < 4.78 is 25.1. The molecule has 0 saturated heterocycles. The number of hydrogen-bond acceptors (Lipinski definition) is 3. The molecule has 0 aromatic heterocycles. The van der Waals surface area contributed by atoms with Gasteiger partial charge in [0.2, 0.25) is 0 Å². The maximum atomic E-state index is 13.3.